The van der Waals surface area contributed by atoms with Gasteiger partial charge in [-0.25, -0.2) is 0 Å². The molecule has 1 aromatic heterocycles. The van der Waals surface area contributed by atoms with Gasteiger partial charge in [0.2, 0.25) is 0 Å². The summed E-state index contributed by atoms with van der Waals surface area (Å²) in [5, 5.41) is 3.66. The second-order valence-electron chi connectivity index (χ2n) is 4.40. The van der Waals surface area contributed by atoms with E-state index in [1.54, 1.807) is 6.07 Å². The van der Waals surface area contributed by atoms with Crippen LogP contribution in [0.1, 0.15) is 30.3 Å². The van der Waals surface area contributed by atoms with E-state index in [9.17, 15) is 4.79 Å². The first kappa shape index (κ1) is 14.0. The van der Waals surface area contributed by atoms with Gasteiger partial charge in [-0.15, -0.1) is 12.4 Å². The largest absolute Gasteiger partial charge is 0.364 e. The van der Waals surface area contributed by atoms with Crippen molar-refractivity contribution >= 4 is 18.3 Å². The van der Waals surface area contributed by atoms with Crippen LogP contribution in [0.25, 0.3) is 0 Å². The predicted molar refractivity (Wildman–Crippen MR) is 66.0 cm³/mol. The maximum Gasteiger partial charge on any atom is 0.276 e. The third kappa shape index (κ3) is 3.20. The Bertz CT molecular complexity index is 354. The van der Waals surface area contributed by atoms with Crippen molar-refractivity contribution in [2.45, 2.75) is 25.8 Å². The Morgan fingerprint density at radius 3 is 3.06 bits per heavy atom. The van der Waals surface area contributed by atoms with Crippen LogP contribution in [0.4, 0.5) is 0 Å². The summed E-state index contributed by atoms with van der Waals surface area (Å²) in [7, 11) is 0. The number of carbonyl (C=O) groups excluding carboxylic acids is 1. The Morgan fingerprint density at radius 2 is 2.47 bits per heavy atom. The van der Waals surface area contributed by atoms with Crippen molar-refractivity contribution in [3.8, 4) is 0 Å². The molecule has 1 fully saturated rings. The van der Waals surface area contributed by atoms with Gasteiger partial charge in [-0.2, -0.15) is 0 Å². The van der Waals surface area contributed by atoms with Gasteiger partial charge in [-0.1, -0.05) is 5.16 Å². The SMILES string of the molecule is CC(N)C1CCCN(C(=O)c2ccon2)C1.Cl. The molecule has 5 nitrogen and oxygen atoms in total. The highest BCUT2D eigenvalue weighted by molar-refractivity contribution is 5.92. The van der Waals surface area contributed by atoms with Gasteiger partial charge in [0.1, 0.15) is 6.26 Å². The number of piperidine rings is 1. The van der Waals surface area contributed by atoms with Crippen molar-refractivity contribution in [1.29, 1.82) is 0 Å². The Balaban J connectivity index is 0.00000144. The lowest BCUT2D eigenvalue weighted by Crippen LogP contribution is -2.45. The number of nitrogens with two attached hydrogens (primary N) is 1. The molecule has 0 radical (unpaired) electrons. The third-order valence-electron chi connectivity index (χ3n) is 3.15. The van der Waals surface area contributed by atoms with Gasteiger partial charge in [0.15, 0.2) is 5.69 Å². The van der Waals surface area contributed by atoms with E-state index in [1.165, 1.54) is 6.26 Å². The second-order valence-corrected chi connectivity index (χ2v) is 4.40. The van der Waals surface area contributed by atoms with E-state index in [2.05, 4.69) is 9.68 Å². The second kappa shape index (κ2) is 6.02. The molecule has 0 aliphatic carbocycles. The summed E-state index contributed by atoms with van der Waals surface area (Å²) in [5.41, 5.74) is 6.26. The molecule has 0 spiro atoms. The van der Waals surface area contributed by atoms with E-state index in [-0.39, 0.29) is 24.4 Å². The number of halogens is 1. The lowest BCUT2D eigenvalue weighted by Gasteiger charge is -2.34. The molecule has 0 aromatic carbocycles. The Labute approximate surface area is 107 Å². The lowest BCUT2D eigenvalue weighted by molar-refractivity contribution is 0.0650. The van der Waals surface area contributed by atoms with Crippen LogP contribution < -0.4 is 5.73 Å². The van der Waals surface area contributed by atoms with E-state index < -0.39 is 0 Å². The fourth-order valence-electron chi connectivity index (χ4n) is 2.11. The summed E-state index contributed by atoms with van der Waals surface area (Å²) in [4.78, 5) is 13.8. The van der Waals surface area contributed by atoms with Crippen molar-refractivity contribution in [2.75, 3.05) is 13.1 Å². The molecular formula is C11H18ClN3O2. The topological polar surface area (TPSA) is 72.4 Å². The average molecular weight is 260 g/mol. The van der Waals surface area contributed by atoms with E-state index >= 15 is 0 Å². The van der Waals surface area contributed by atoms with Gasteiger partial charge in [-0.3, -0.25) is 4.79 Å². The van der Waals surface area contributed by atoms with Crippen LogP contribution in [0.2, 0.25) is 0 Å². The highest BCUT2D eigenvalue weighted by atomic mass is 35.5. The summed E-state index contributed by atoms with van der Waals surface area (Å²) in [5.74, 6) is 0.337. The van der Waals surface area contributed by atoms with Crippen molar-refractivity contribution < 1.29 is 9.32 Å². The minimum Gasteiger partial charge on any atom is -0.364 e. The molecule has 1 amide bonds. The average Bonchev–Trinajstić information content (AvgIpc) is 2.81. The van der Waals surface area contributed by atoms with Crippen LogP contribution in [0.15, 0.2) is 16.9 Å². The fourth-order valence-corrected chi connectivity index (χ4v) is 2.11. The van der Waals surface area contributed by atoms with Gasteiger partial charge in [0.25, 0.3) is 5.91 Å². The molecule has 96 valence electrons. The molecule has 2 atom stereocenters. The third-order valence-corrected chi connectivity index (χ3v) is 3.15. The first-order chi connectivity index (χ1) is 7.68. The molecular weight excluding hydrogens is 242 g/mol. The zero-order valence-electron chi connectivity index (χ0n) is 9.83. The summed E-state index contributed by atoms with van der Waals surface area (Å²) in [6.07, 6.45) is 3.52. The van der Waals surface area contributed by atoms with Crippen LogP contribution >= 0.6 is 12.4 Å². The van der Waals surface area contributed by atoms with E-state index in [4.69, 9.17) is 5.73 Å². The molecule has 1 aliphatic rings. The van der Waals surface area contributed by atoms with Crippen molar-refractivity contribution in [2.24, 2.45) is 11.7 Å². The fraction of sp³-hybridized carbons (Fsp3) is 0.636. The molecule has 1 aromatic rings. The number of carbonyl (C=O) groups is 1. The standard InChI is InChI=1S/C11H17N3O2.ClH/c1-8(12)9-3-2-5-14(7-9)11(15)10-4-6-16-13-10;/h4,6,8-9H,2-3,5,7,12H2,1H3;1H. The monoisotopic (exact) mass is 259 g/mol. The summed E-state index contributed by atoms with van der Waals surface area (Å²) >= 11 is 0. The Morgan fingerprint density at radius 1 is 1.71 bits per heavy atom. The number of aromatic nitrogens is 1. The normalized spacial score (nSPS) is 21.8. The quantitative estimate of drug-likeness (QED) is 0.869. The zero-order chi connectivity index (χ0) is 11.5. The minimum atomic E-state index is -0.0564. The molecule has 1 aliphatic heterocycles. The van der Waals surface area contributed by atoms with Crippen LogP contribution in [-0.2, 0) is 0 Å². The summed E-state index contributed by atoms with van der Waals surface area (Å²) in [6.45, 7) is 3.51. The van der Waals surface area contributed by atoms with Gasteiger partial charge < -0.3 is 15.2 Å². The molecule has 6 heteroatoms. The maximum absolute atomic E-state index is 12.0. The van der Waals surface area contributed by atoms with Crippen molar-refractivity contribution in [3.63, 3.8) is 0 Å². The zero-order valence-corrected chi connectivity index (χ0v) is 10.7. The lowest BCUT2D eigenvalue weighted by atomic mass is 9.92. The smallest absolute Gasteiger partial charge is 0.276 e. The van der Waals surface area contributed by atoms with E-state index in [0.717, 1.165) is 25.9 Å². The van der Waals surface area contributed by atoms with E-state index in [1.807, 2.05) is 11.8 Å². The van der Waals surface area contributed by atoms with Crippen LogP contribution in [0, 0.1) is 5.92 Å². The maximum atomic E-state index is 12.0. The molecule has 0 bridgehead atoms. The minimum absolute atomic E-state index is 0. The van der Waals surface area contributed by atoms with Gasteiger partial charge in [0, 0.05) is 25.2 Å². The van der Waals surface area contributed by atoms with Crippen LogP contribution in [0.3, 0.4) is 0 Å². The van der Waals surface area contributed by atoms with Gasteiger partial charge in [-0.05, 0) is 25.7 Å². The van der Waals surface area contributed by atoms with Gasteiger partial charge >= 0.3 is 0 Å². The first-order valence-electron chi connectivity index (χ1n) is 5.63. The van der Waals surface area contributed by atoms with E-state index in [0.29, 0.717) is 11.6 Å². The number of rotatable bonds is 2. The molecule has 2 rings (SSSR count). The number of nitrogens with zero attached hydrogens (tertiary/aromatic N) is 2. The van der Waals surface area contributed by atoms with Crippen LogP contribution in [-0.4, -0.2) is 35.1 Å². The number of hydrogen-bond acceptors (Lipinski definition) is 4. The first-order valence-corrected chi connectivity index (χ1v) is 5.63. The highest BCUT2D eigenvalue weighted by Gasteiger charge is 2.27. The molecule has 2 unspecified atom stereocenters. The number of likely N-dealkylation sites (tertiary alicyclic amines) is 1. The van der Waals surface area contributed by atoms with Gasteiger partial charge in [0.05, 0.1) is 0 Å². The molecule has 1 saturated heterocycles. The number of amides is 1. The molecule has 2 N–H and O–H groups in total. The predicted octanol–water partition coefficient (Wildman–Crippen LogP) is 1.30. The Kier molecular flexibility index (Phi) is 4.96. The summed E-state index contributed by atoms with van der Waals surface area (Å²) in [6, 6.07) is 1.73. The highest BCUT2D eigenvalue weighted by Crippen LogP contribution is 2.20. The van der Waals surface area contributed by atoms with Crippen molar-refractivity contribution in [3.05, 3.63) is 18.0 Å². The number of hydrogen-bond donors (Lipinski definition) is 1. The van der Waals surface area contributed by atoms with Crippen molar-refractivity contribution in [1.82, 2.24) is 10.1 Å². The molecule has 0 saturated carbocycles. The molecule has 17 heavy (non-hydrogen) atoms. The van der Waals surface area contributed by atoms with Crippen LogP contribution in [0.5, 0.6) is 0 Å². The molecule has 2 heterocycles. The Hall–Kier alpha value is -1.07. The summed E-state index contributed by atoms with van der Waals surface area (Å²) < 4.78 is 4.68.